The average molecular weight is 524 g/mol. The topological polar surface area (TPSA) is 115 Å². The molecule has 0 aliphatic heterocycles. The molecule has 3 aromatic carbocycles. The Morgan fingerprint density at radius 3 is 2.22 bits per heavy atom. The number of ether oxygens (including phenoxy) is 3. The number of amides is 2. The van der Waals surface area contributed by atoms with Crippen LogP contribution in [0, 0.1) is 0 Å². The lowest BCUT2D eigenvalue weighted by Gasteiger charge is -2.11. The minimum absolute atomic E-state index is 0.236. The number of esters is 1. The molecule has 0 saturated heterocycles. The van der Waals surface area contributed by atoms with E-state index in [9.17, 15) is 14.4 Å². The number of hydrogen-bond acceptors (Lipinski definition) is 7. The third-order valence-electron chi connectivity index (χ3n) is 4.79. The van der Waals surface area contributed by atoms with Crippen LogP contribution in [0.5, 0.6) is 17.2 Å². The molecule has 0 aliphatic rings. The van der Waals surface area contributed by atoms with Crippen LogP contribution in [-0.2, 0) is 4.79 Å². The lowest BCUT2D eigenvalue weighted by molar-refractivity contribution is -0.120. The van der Waals surface area contributed by atoms with Crippen molar-refractivity contribution < 1.29 is 28.6 Å². The molecular weight excluding hydrogens is 498 g/mol. The van der Waals surface area contributed by atoms with Crippen molar-refractivity contribution in [3.05, 3.63) is 88.4 Å². The van der Waals surface area contributed by atoms with Gasteiger partial charge in [-0.05, 0) is 86.1 Å². The van der Waals surface area contributed by atoms with Crippen molar-refractivity contribution >= 4 is 35.6 Å². The number of carbonyl (C=O) groups is 3. The molecule has 0 heterocycles. The molecule has 3 aromatic rings. The summed E-state index contributed by atoms with van der Waals surface area (Å²) in [5.41, 5.74) is 3.68. The average Bonchev–Trinajstić information content (AvgIpc) is 2.90. The number of carbonyl (C=O) groups excluding carboxylic acids is 3. The van der Waals surface area contributed by atoms with Crippen LogP contribution in [0.25, 0.3) is 0 Å². The van der Waals surface area contributed by atoms with Gasteiger partial charge in [0.05, 0.1) is 31.5 Å². The van der Waals surface area contributed by atoms with Crippen LogP contribution in [0.3, 0.4) is 0 Å². The molecule has 9 nitrogen and oxygen atoms in total. The van der Waals surface area contributed by atoms with Crippen LogP contribution < -0.4 is 25.0 Å². The fraction of sp³-hybridized carbons (Fsp3) is 0.185. The molecule has 0 radical (unpaired) electrons. The maximum Gasteiger partial charge on any atom is 0.343 e. The van der Waals surface area contributed by atoms with Crippen LogP contribution in [0.1, 0.15) is 40.1 Å². The van der Waals surface area contributed by atoms with E-state index in [2.05, 4.69) is 15.8 Å². The Kier molecular flexibility index (Phi) is 10.0. The van der Waals surface area contributed by atoms with E-state index >= 15 is 0 Å². The van der Waals surface area contributed by atoms with E-state index in [1.54, 1.807) is 73.7 Å². The molecule has 0 aliphatic carbocycles. The molecule has 0 saturated carbocycles. The van der Waals surface area contributed by atoms with Crippen LogP contribution in [0.4, 0.5) is 0 Å². The highest BCUT2D eigenvalue weighted by molar-refractivity contribution is 6.30. The summed E-state index contributed by atoms with van der Waals surface area (Å²) in [6, 6.07) is 17.8. The third kappa shape index (κ3) is 8.36. The summed E-state index contributed by atoms with van der Waals surface area (Å²) >= 11 is 5.86. The molecule has 0 atom stereocenters. The van der Waals surface area contributed by atoms with Crippen molar-refractivity contribution in [1.29, 1.82) is 0 Å². The largest absolute Gasteiger partial charge is 0.494 e. The number of rotatable bonds is 11. The first-order chi connectivity index (χ1) is 17.9. The second kappa shape index (κ2) is 13.6. The minimum atomic E-state index is -0.557. The van der Waals surface area contributed by atoms with Gasteiger partial charge in [0.15, 0.2) is 11.5 Å². The van der Waals surface area contributed by atoms with Crippen molar-refractivity contribution in [3.8, 4) is 17.2 Å². The summed E-state index contributed by atoms with van der Waals surface area (Å²) in [6.45, 7) is 4.29. The fourth-order valence-corrected chi connectivity index (χ4v) is 3.18. The van der Waals surface area contributed by atoms with Crippen LogP contribution in [-0.4, -0.2) is 43.8 Å². The molecule has 10 heteroatoms. The molecule has 0 spiro atoms. The Hall–Kier alpha value is -4.37. The lowest BCUT2D eigenvalue weighted by Crippen LogP contribution is -2.34. The summed E-state index contributed by atoms with van der Waals surface area (Å²) in [6.07, 6.45) is 1.40. The van der Waals surface area contributed by atoms with Crippen molar-refractivity contribution in [2.75, 3.05) is 19.8 Å². The number of hydrogen-bond donors (Lipinski definition) is 2. The zero-order valence-corrected chi connectivity index (χ0v) is 21.1. The Bertz CT molecular complexity index is 1260. The number of nitrogens with one attached hydrogen (secondary N) is 2. The van der Waals surface area contributed by atoms with Gasteiger partial charge in [-0.2, -0.15) is 5.10 Å². The molecule has 0 aromatic heterocycles. The fourth-order valence-electron chi connectivity index (χ4n) is 3.05. The highest BCUT2D eigenvalue weighted by Gasteiger charge is 2.13. The lowest BCUT2D eigenvalue weighted by atomic mass is 10.2. The first kappa shape index (κ1) is 27.2. The van der Waals surface area contributed by atoms with Crippen molar-refractivity contribution in [1.82, 2.24) is 10.7 Å². The van der Waals surface area contributed by atoms with E-state index in [0.29, 0.717) is 46.4 Å². The van der Waals surface area contributed by atoms with E-state index < -0.39 is 17.8 Å². The SMILES string of the molecule is CCOc1ccc(C(=O)NCC(=O)N/N=C\c2ccc(OC(=O)c3ccc(Cl)cc3)c(OCC)c2)cc1. The Morgan fingerprint density at radius 2 is 1.54 bits per heavy atom. The first-order valence-corrected chi connectivity index (χ1v) is 11.8. The van der Waals surface area contributed by atoms with Gasteiger partial charge in [-0.3, -0.25) is 9.59 Å². The molecule has 0 unspecified atom stereocenters. The van der Waals surface area contributed by atoms with Gasteiger partial charge in [-0.25, -0.2) is 10.2 Å². The maximum atomic E-state index is 12.4. The quantitative estimate of drug-likeness (QED) is 0.168. The number of nitrogens with zero attached hydrogens (tertiary/aromatic N) is 1. The Morgan fingerprint density at radius 1 is 0.865 bits per heavy atom. The summed E-state index contributed by atoms with van der Waals surface area (Å²) in [4.78, 5) is 36.7. The van der Waals surface area contributed by atoms with E-state index in [4.69, 9.17) is 25.8 Å². The third-order valence-corrected chi connectivity index (χ3v) is 5.04. The number of halogens is 1. The van der Waals surface area contributed by atoms with Crippen LogP contribution >= 0.6 is 11.6 Å². The predicted octanol–water partition coefficient (Wildman–Crippen LogP) is 4.24. The van der Waals surface area contributed by atoms with E-state index in [0.717, 1.165) is 0 Å². The summed E-state index contributed by atoms with van der Waals surface area (Å²) < 4.78 is 16.4. The summed E-state index contributed by atoms with van der Waals surface area (Å²) in [7, 11) is 0. The van der Waals surface area contributed by atoms with Crippen molar-refractivity contribution in [2.24, 2.45) is 5.10 Å². The van der Waals surface area contributed by atoms with Crippen molar-refractivity contribution in [2.45, 2.75) is 13.8 Å². The van der Waals surface area contributed by atoms with Gasteiger partial charge < -0.3 is 19.5 Å². The van der Waals surface area contributed by atoms with E-state index in [1.807, 2.05) is 6.92 Å². The second-order valence-corrected chi connectivity index (χ2v) is 7.91. The highest BCUT2D eigenvalue weighted by atomic mass is 35.5. The first-order valence-electron chi connectivity index (χ1n) is 11.5. The molecule has 2 amide bonds. The number of hydrazone groups is 1. The molecule has 0 fully saturated rings. The molecule has 2 N–H and O–H groups in total. The van der Waals surface area contributed by atoms with Crippen molar-refractivity contribution in [3.63, 3.8) is 0 Å². The van der Waals surface area contributed by atoms with E-state index in [1.165, 1.54) is 6.21 Å². The standard InChI is InChI=1S/C27H26ClN3O6/c1-3-35-22-12-8-19(9-13-22)26(33)29-17-25(32)31-30-16-18-5-14-23(24(15-18)36-4-2)37-27(34)20-6-10-21(28)11-7-20/h5-16H,3-4,17H2,1-2H3,(H,29,33)(H,31,32)/b30-16-. The molecule has 37 heavy (non-hydrogen) atoms. The minimum Gasteiger partial charge on any atom is -0.494 e. The zero-order valence-electron chi connectivity index (χ0n) is 20.3. The molecular formula is C27H26ClN3O6. The van der Waals surface area contributed by atoms with Gasteiger partial charge in [-0.15, -0.1) is 0 Å². The summed E-state index contributed by atoms with van der Waals surface area (Å²) in [5.74, 6) is -0.228. The van der Waals surface area contributed by atoms with Crippen LogP contribution in [0.2, 0.25) is 5.02 Å². The van der Waals surface area contributed by atoms with Gasteiger partial charge in [0.2, 0.25) is 0 Å². The zero-order chi connectivity index (χ0) is 26.6. The molecule has 0 bridgehead atoms. The molecule has 3 rings (SSSR count). The maximum absolute atomic E-state index is 12.4. The second-order valence-electron chi connectivity index (χ2n) is 7.47. The normalized spacial score (nSPS) is 10.6. The van der Waals surface area contributed by atoms with Crippen LogP contribution in [0.15, 0.2) is 71.8 Å². The van der Waals surface area contributed by atoms with E-state index in [-0.39, 0.29) is 12.3 Å². The van der Waals surface area contributed by atoms with Gasteiger partial charge in [0.1, 0.15) is 5.75 Å². The Balaban J connectivity index is 1.54. The van der Waals surface area contributed by atoms with Gasteiger partial charge in [0.25, 0.3) is 11.8 Å². The van der Waals surface area contributed by atoms with Gasteiger partial charge in [-0.1, -0.05) is 11.6 Å². The summed E-state index contributed by atoms with van der Waals surface area (Å²) in [5, 5.41) is 6.94. The Labute approximate surface area is 219 Å². The monoisotopic (exact) mass is 523 g/mol. The smallest absolute Gasteiger partial charge is 0.343 e. The van der Waals surface area contributed by atoms with Gasteiger partial charge >= 0.3 is 5.97 Å². The van der Waals surface area contributed by atoms with Gasteiger partial charge in [0, 0.05) is 10.6 Å². The number of benzene rings is 3. The molecule has 192 valence electrons. The predicted molar refractivity (Wildman–Crippen MR) is 140 cm³/mol. The highest BCUT2D eigenvalue weighted by Crippen LogP contribution is 2.29.